The van der Waals surface area contributed by atoms with E-state index in [1.165, 1.54) is 0 Å². The van der Waals surface area contributed by atoms with Crippen LogP contribution in [-0.4, -0.2) is 120 Å². The van der Waals surface area contributed by atoms with Gasteiger partial charge in [0.1, 0.15) is 0 Å². The van der Waals surface area contributed by atoms with Crippen molar-refractivity contribution in [3.05, 3.63) is 0 Å². The fourth-order valence-electron chi connectivity index (χ4n) is 3.51. The summed E-state index contributed by atoms with van der Waals surface area (Å²) in [6, 6.07) is 0. The van der Waals surface area contributed by atoms with Gasteiger partial charge < -0.3 is 10.4 Å². The number of rotatable bonds is 18. The highest BCUT2D eigenvalue weighted by molar-refractivity contribution is 5.22. The van der Waals surface area contributed by atoms with Crippen LogP contribution in [0.15, 0.2) is 0 Å². The molecule has 2 nitrogen and oxygen atoms in total. The van der Waals surface area contributed by atoms with Crippen LogP contribution in [0.1, 0.15) is 6.42 Å². The fourth-order valence-corrected chi connectivity index (χ4v) is 3.51. The molecule has 0 heterocycles. The molecule has 0 rings (SSSR count). The standard InChI is InChI=1S/C20H10F33NO/c1-54-3-4(55)2-5(21,22)6(23,24)7(25,26)8(27,28)9(29,30)10(31,32)11(33,34)12(35,36)13(37,38)14(39,40)15(41,42)16(43,44)17(45,46)18(47,48)19(49,50)20(51,52)53/h4,54-55H,2-3H2,1H3. The van der Waals surface area contributed by atoms with Crippen LogP contribution in [0.4, 0.5) is 145 Å². The van der Waals surface area contributed by atoms with Crippen LogP contribution in [0.3, 0.4) is 0 Å². The summed E-state index contributed by atoms with van der Waals surface area (Å²) >= 11 is 0. The van der Waals surface area contributed by atoms with Gasteiger partial charge in [0.15, 0.2) is 0 Å². The average molecular weight is 907 g/mol. The molecular weight excluding hydrogens is 897 g/mol. The quantitative estimate of drug-likeness (QED) is 0.134. The highest BCUT2D eigenvalue weighted by Crippen LogP contribution is 2.70. The van der Waals surface area contributed by atoms with Crippen molar-refractivity contribution in [2.75, 3.05) is 13.6 Å². The lowest BCUT2D eigenvalue weighted by Gasteiger charge is -2.47. The topological polar surface area (TPSA) is 32.3 Å². The first kappa shape index (κ1) is 52.6. The minimum absolute atomic E-state index is 0.612. The van der Waals surface area contributed by atoms with Gasteiger partial charge in [-0.2, -0.15) is 145 Å². The predicted octanol–water partition coefficient (Wildman–Crippen LogP) is 10.0. The Morgan fingerprint density at radius 2 is 0.473 bits per heavy atom. The van der Waals surface area contributed by atoms with Gasteiger partial charge in [-0.1, -0.05) is 0 Å². The number of alkyl halides is 33. The monoisotopic (exact) mass is 907 g/mol. The molecule has 0 aromatic rings. The first-order chi connectivity index (χ1) is 23.2. The van der Waals surface area contributed by atoms with Gasteiger partial charge >= 0.3 is 95.0 Å². The van der Waals surface area contributed by atoms with Crippen LogP contribution >= 0.6 is 0 Å². The lowest BCUT2D eigenvalue weighted by atomic mass is 9.82. The smallest absolute Gasteiger partial charge is 0.392 e. The molecule has 0 radical (unpaired) electrons. The molecule has 332 valence electrons. The lowest BCUT2D eigenvalue weighted by Crippen LogP contribution is -2.80. The molecule has 35 heteroatoms. The highest BCUT2D eigenvalue weighted by atomic mass is 19.4. The van der Waals surface area contributed by atoms with E-state index in [1.54, 1.807) is 5.32 Å². The summed E-state index contributed by atoms with van der Waals surface area (Å²) in [4.78, 5) is 0. The van der Waals surface area contributed by atoms with Crippen molar-refractivity contribution in [3.8, 4) is 0 Å². The third-order valence-electron chi connectivity index (χ3n) is 6.87. The van der Waals surface area contributed by atoms with E-state index >= 15 is 0 Å². The van der Waals surface area contributed by atoms with Crippen LogP contribution < -0.4 is 5.32 Å². The fraction of sp³-hybridized carbons (Fsp3) is 1.00. The molecule has 0 saturated carbocycles. The highest BCUT2D eigenvalue weighted by Gasteiger charge is 3.01. The van der Waals surface area contributed by atoms with E-state index in [4.69, 9.17) is 5.11 Å². The van der Waals surface area contributed by atoms with Crippen molar-refractivity contribution in [1.82, 2.24) is 5.32 Å². The first-order valence-corrected chi connectivity index (χ1v) is 12.3. The van der Waals surface area contributed by atoms with E-state index in [0.717, 1.165) is 0 Å². The zero-order valence-electron chi connectivity index (χ0n) is 24.4. The van der Waals surface area contributed by atoms with Crippen molar-refractivity contribution >= 4 is 0 Å². The van der Waals surface area contributed by atoms with Gasteiger partial charge in [0.05, 0.1) is 6.10 Å². The molecule has 0 aliphatic heterocycles. The molecule has 0 spiro atoms. The summed E-state index contributed by atoms with van der Waals surface area (Å²) in [7, 11) is 0.612. The number of halogens is 33. The maximum absolute atomic E-state index is 13.9. The Bertz CT molecular complexity index is 1360. The van der Waals surface area contributed by atoms with E-state index in [9.17, 15) is 145 Å². The third-order valence-corrected chi connectivity index (χ3v) is 6.87. The average Bonchev–Trinajstić information content (AvgIpc) is 2.94. The van der Waals surface area contributed by atoms with Gasteiger partial charge in [0.2, 0.25) is 0 Å². The Balaban J connectivity index is 7.67. The van der Waals surface area contributed by atoms with Gasteiger partial charge in [0, 0.05) is 13.0 Å². The third kappa shape index (κ3) is 6.42. The first-order valence-electron chi connectivity index (χ1n) is 12.3. The minimum Gasteiger partial charge on any atom is -0.392 e. The summed E-state index contributed by atoms with van der Waals surface area (Å²) in [6.45, 7) is -1.47. The SMILES string of the molecule is CNCC(O)CC(F)(F)C(F)(F)C(F)(F)C(F)(F)C(F)(F)C(F)(F)C(F)(F)C(F)(F)C(F)(F)C(F)(F)C(F)(F)C(F)(F)C(F)(F)C(F)(F)C(F)(F)C(F)(F)F. The number of aliphatic hydroxyl groups is 1. The van der Waals surface area contributed by atoms with E-state index in [-0.39, 0.29) is 0 Å². The molecule has 0 aromatic carbocycles. The summed E-state index contributed by atoms with van der Waals surface area (Å²) in [5.74, 6) is -143. The van der Waals surface area contributed by atoms with Gasteiger partial charge in [-0.05, 0) is 7.05 Å². The summed E-state index contributed by atoms with van der Waals surface area (Å²) in [5.41, 5.74) is 0. The van der Waals surface area contributed by atoms with Crippen LogP contribution in [0.25, 0.3) is 0 Å². The second-order valence-electron chi connectivity index (χ2n) is 10.7. The largest absolute Gasteiger partial charge is 0.460 e. The number of likely N-dealkylation sites (N-methyl/N-ethyl adjacent to an activating group) is 1. The lowest BCUT2D eigenvalue weighted by molar-refractivity contribution is -0.491. The second kappa shape index (κ2) is 13.3. The Hall–Kier alpha value is -2.39. The van der Waals surface area contributed by atoms with Gasteiger partial charge in [-0.3, -0.25) is 0 Å². The summed E-state index contributed by atoms with van der Waals surface area (Å²) < 4.78 is 447. The van der Waals surface area contributed by atoms with Crippen LogP contribution in [0.5, 0.6) is 0 Å². The zero-order chi connectivity index (χ0) is 45.7. The molecule has 0 saturated heterocycles. The predicted molar refractivity (Wildman–Crippen MR) is 105 cm³/mol. The molecule has 0 aliphatic carbocycles. The number of aliphatic hydroxyl groups excluding tert-OH is 1. The molecule has 2 N–H and O–H groups in total. The van der Waals surface area contributed by atoms with Crippen LogP contribution in [0, 0.1) is 0 Å². The Kier molecular flexibility index (Phi) is 12.7. The maximum atomic E-state index is 13.9. The zero-order valence-corrected chi connectivity index (χ0v) is 24.4. The second-order valence-corrected chi connectivity index (χ2v) is 10.7. The Morgan fingerprint density at radius 3 is 0.636 bits per heavy atom. The van der Waals surface area contributed by atoms with Crippen molar-refractivity contribution in [3.63, 3.8) is 0 Å². The van der Waals surface area contributed by atoms with E-state index in [2.05, 4.69) is 0 Å². The molecule has 55 heavy (non-hydrogen) atoms. The summed E-state index contributed by atoms with van der Waals surface area (Å²) in [6.07, 6.45) is -14.9. The van der Waals surface area contributed by atoms with E-state index in [0.29, 0.717) is 7.05 Å². The van der Waals surface area contributed by atoms with Crippen LogP contribution in [-0.2, 0) is 0 Å². The minimum atomic E-state index is -10.2. The molecule has 1 atom stereocenters. The van der Waals surface area contributed by atoms with Crippen molar-refractivity contribution in [2.45, 2.75) is 108 Å². The number of hydrogen-bond acceptors (Lipinski definition) is 2. The van der Waals surface area contributed by atoms with Crippen LogP contribution in [0.2, 0.25) is 0 Å². The van der Waals surface area contributed by atoms with Gasteiger partial charge in [-0.15, -0.1) is 0 Å². The molecule has 0 aliphatic rings. The number of hydrogen-bond donors (Lipinski definition) is 2. The van der Waals surface area contributed by atoms with Gasteiger partial charge in [0.25, 0.3) is 0 Å². The summed E-state index contributed by atoms with van der Waals surface area (Å²) in [5, 5.41) is 10.5. The Labute approximate surface area is 277 Å². The number of nitrogens with one attached hydrogen (secondary N) is 1. The van der Waals surface area contributed by atoms with Crippen molar-refractivity contribution in [1.29, 1.82) is 0 Å². The molecule has 0 aromatic heterocycles. The van der Waals surface area contributed by atoms with Crippen molar-refractivity contribution < 1.29 is 150 Å². The maximum Gasteiger partial charge on any atom is 0.460 e. The van der Waals surface area contributed by atoms with Crippen molar-refractivity contribution in [2.24, 2.45) is 0 Å². The Morgan fingerprint density at radius 1 is 0.309 bits per heavy atom. The van der Waals surface area contributed by atoms with Gasteiger partial charge in [-0.25, -0.2) is 0 Å². The molecule has 0 fully saturated rings. The molecular formula is C20H10F33NO. The molecule has 0 bridgehead atoms. The van der Waals surface area contributed by atoms with E-state index in [1.807, 2.05) is 0 Å². The normalized spacial score (nSPS) is 17.5. The molecule has 1 unspecified atom stereocenters. The molecule has 0 amide bonds. The van der Waals surface area contributed by atoms with E-state index < -0.39 is 114 Å².